The third kappa shape index (κ3) is 2.06. The summed E-state index contributed by atoms with van der Waals surface area (Å²) >= 11 is 1.31. The summed E-state index contributed by atoms with van der Waals surface area (Å²) < 4.78 is 0. The van der Waals surface area contributed by atoms with Crippen LogP contribution in [0.25, 0.3) is 0 Å². The maximum absolute atomic E-state index is 12.8. The fourth-order valence-electron chi connectivity index (χ4n) is 4.19. The van der Waals surface area contributed by atoms with Gasteiger partial charge in [0.1, 0.15) is 6.04 Å². The zero-order valence-electron chi connectivity index (χ0n) is 12.6. The van der Waals surface area contributed by atoms with Crippen molar-refractivity contribution in [2.45, 2.75) is 25.8 Å². The van der Waals surface area contributed by atoms with Crippen molar-refractivity contribution in [2.24, 2.45) is 23.7 Å². The average Bonchev–Trinajstić information content (AvgIpc) is 3.28. The molecule has 2 bridgehead atoms. The first-order valence-corrected chi connectivity index (χ1v) is 8.75. The standard InChI is InChI=1S/C16H17N3O3S/c1-2-10(13(20)18-16-17-5-6-23-16)19-14(21)11-8-3-4-9(7-8)12(11)15(19)22/h3-6,8-12H,2,7H2,1H3,(H,17,18,20). The number of nitrogens with one attached hydrogen (secondary N) is 1. The van der Waals surface area contributed by atoms with Gasteiger partial charge in [0, 0.05) is 11.6 Å². The van der Waals surface area contributed by atoms with E-state index < -0.39 is 6.04 Å². The van der Waals surface area contributed by atoms with Crippen molar-refractivity contribution < 1.29 is 14.4 Å². The molecule has 6 nitrogen and oxygen atoms in total. The maximum Gasteiger partial charge on any atom is 0.249 e. The minimum absolute atomic E-state index is 0.158. The van der Waals surface area contributed by atoms with Gasteiger partial charge in [-0.05, 0) is 24.7 Å². The Kier molecular flexibility index (Phi) is 3.33. The van der Waals surface area contributed by atoms with E-state index in [1.54, 1.807) is 11.6 Å². The Balaban J connectivity index is 1.58. The van der Waals surface area contributed by atoms with E-state index in [1.165, 1.54) is 16.2 Å². The van der Waals surface area contributed by atoms with Crippen LogP contribution >= 0.6 is 11.3 Å². The molecule has 2 aliphatic carbocycles. The zero-order valence-corrected chi connectivity index (χ0v) is 13.5. The number of likely N-dealkylation sites (tertiary alicyclic amines) is 1. The molecule has 1 saturated heterocycles. The lowest BCUT2D eigenvalue weighted by Gasteiger charge is -2.25. The average molecular weight is 331 g/mol. The van der Waals surface area contributed by atoms with Crippen LogP contribution in [0.2, 0.25) is 0 Å². The number of carbonyl (C=O) groups excluding carboxylic acids is 3. The quantitative estimate of drug-likeness (QED) is 0.672. The summed E-state index contributed by atoms with van der Waals surface area (Å²) in [6.07, 6.45) is 7.00. The molecule has 0 radical (unpaired) electrons. The van der Waals surface area contributed by atoms with Gasteiger partial charge in [0.25, 0.3) is 0 Å². The Labute approximate surface area is 137 Å². The van der Waals surface area contributed by atoms with Gasteiger partial charge < -0.3 is 5.32 Å². The lowest BCUT2D eigenvalue weighted by Crippen LogP contribution is -2.48. The largest absolute Gasteiger partial charge is 0.300 e. The van der Waals surface area contributed by atoms with E-state index in [2.05, 4.69) is 22.5 Å². The predicted molar refractivity (Wildman–Crippen MR) is 84.4 cm³/mol. The summed E-state index contributed by atoms with van der Waals surface area (Å²) in [6, 6.07) is -0.760. The van der Waals surface area contributed by atoms with E-state index in [1.807, 2.05) is 6.92 Å². The van der Waals surface area contributed by atoms with Gasteiger partial charge in [-0.15, -0.1) is 11.3 Å². The molecule has 0 aromatic carbocycles. The Morgan fingerprint density at radius 3 is 2.52 bits per heavy atom. The van der Waals surface area contributed by atoms with Crippen molar-refractivity contribution in [3.63, 3.8) is 0 Å². The van der Waals surface area contributed by atoms with Crippen LogP contribution in [0.15, 0.2) is 23.7 Å². The summed E-state index contributed by atoms with van der Waals surface area (Å²) in [5, 5.41) is 4.94. The van der Waals surface area contributed by atoms with Crippen LogP contribution in [0.1, 0.15) is 19.8 Å². The Morgan fingerprint density at radius 1 is 1.35 bits per heavy atom. The number of nitrogens with zero attached hydrogens (tertiary/aromatic N) is 2. The number of aromatic nitrogens is 1. The first-order valence-electron chi connectivity index (χ1n) is 7.87. The Morgan fingerprint density at radius 2 is 2.00 bits per heavy atom. The number of imide groups is 1. The second-order valence-electron chi connectivity index (χ2n) is 6.30. The number of thiazole rings is 1. The second kappa shape index (κ2) is 5.26. The first kappa shape index (κ1) is 14.6. The van der Waals surface area contributed by atoms with Gasteiger partial charge in [0.2, 0.25) is 17.7 Å². The summed E-state index contributed by atoms with van der Waals surface area (Å²) in [5.74, 6) is -0.921. The van der Waals surface area contributed by atoms with Gasteiger partial charge in [-0.2, -0.15) is 0 Å². The number of carbonyl (C=O) groups is 3. The summed E-state index contributed by atoms with van der Waals surface area (Å²) in [5.41, 5.74) is 0. The highest BCUT2D eigenvalue weighted by Crippen LogP contribution is 2.52. The summed E-state index contributed by atoms with van der Waals surface area (Å²) in [6.45, 7) is 1.81. The Bertz CT molecular complexity index is 669. The number of hydrogen-bond donors (Lipinski definition) is 1. The summed E-state index contributed by atoms with van der Waals surface area (Å²) in [7, 11) is 0. The van der Waals surface area contributed by atoms with E-state index in [0.29, 0.717) is 11.6 Å². The number of rotatable bonds is 4. The van der Waals surface area contributed by atoms with Crippen LogP contribution in [0.3, 0.4) is 0 Å². The van der Waals surface area contributed by atoms with Crippen LogP contribution in [0.4, 0.5) is 5.13 Å². The third-order valence-corrected chi connectivity index (χ3v) is 5.86. The highest BCUT2D eigenvalue weighted by atomic mass is 32.1. The molecule has 120 valence electrons. The monoisotopic (exact) mass is 331 g/mol. The van der Waals surface area contributed by atoms with Crippen molar-refractivity contribution in [1.82, 2.24) is 9.88 Å². The van der Waals surface area contributed by atoms with Gasteiger partial charge in [0.05, 0.1) is 11.8 Å². The Hall–Kier alpha value is -2.02. The zero-order chi connectivity index (χ0) is 16.1. The molecule has 3 amide bonds. The van der Waals surface area contributed by atoms with E-state index in [-0.39, 0.29) is 41.4 Å². The van der Waals surface area contributed by atoms with E-state index in [0.717, 1.165) is 6.42 Å². The molecule has 0 spiro atoms. The van der Waals surface area contributed by atoms with E-state index >= 15 is 0 Å². The molecule has 23 heavy (non-hydrogen) atoms. The van der Waals surface area contributed by atoms with Crippen molar-refractivity contribution in [3.8, 4) is 0 Å². The lowest BCUT2D eigenvalue weighted by atomic mass is 9.85. The topological polar surface area (TPSA) is 79.4 Å². The minimum atomic E-state index is -0.760. The number of amides is 3. The molecular formula is C16H17N3O3S. The number of allylic oxidation sites excluding steroid dienone is 2. The number of hydrogen-bond acceptors (Lipinski definition) is 5. The van der Waals surface area contributed by atoms with Crippen molar-refractivity contribution >= 4 is 34.2 Å². The predicted octanol–water partition coefficient (Wildman–Crippen LogP) is 1.67. The highest BCUT2D eigenvalue weighted by molar-refractivity contribution is 7.13. The molecule has 5 unspecified atom stereocenters. The van der Waals surface area contributed by atoms with Crippen LogP contribution in [0.5, 0.6) is 0 Å². The summed E-state index contributed by atoms with van der Waals surface area (Å²) in [4.78, 5) is 43.3. The molecule has 1 N–H and O–H groups in total. The second-order valence-corrected chi connectivity index (χ2v) is 7.19. The number of anilines is 1. The molecule has 1 aliphatic heterocycles. The van der Waals surface area contributed by atoms with Crippen LogP contribution < -0.4 is 5.32 Å². The SMILES string of the molecule is CCC(C(=O)Nc1nccs1)N1C(=O)C2C3C=CC(C3)C2C1=O. The first-order chi connectivity index (χ1) is 11.1. The molecule has 3 aliphatic rings. The molecular weight excluding hydrogens is 314 g/mol. The van der Waals surface area contributed by atoms with Crippen molar-refractivity contribution in [2.75, 3.05) is 5.32 Å². The fraction of sp³-hybridized carbons (Fsp3) is 0.500. The van der Waals surface area contributed by atoms with Crippen LogP contribution in [-0.2, 0) is 14.4 Å². The van der Waals surface area contributed by atoms with E-state index in [9.17, 15) is 14.4 Å². The molecule has 4 rings (SSSR count). The lowest BCUT2D eigenvalue weighted by molar-refractivity contribution is -0.147. The van der Waals surface area contributed by atoms with Crippen LogP contribution in [-0.4, -0.2) is 33.6 Å². The number of fused-ring (bicyclic) bond motifs is 5. The normalized spacial score (nSPS) is 32.5. The van der Waals surface area contributed by atoms with Gasteiger partial charge in [-0.25, -0.2) is 4.98 Å². The van der Waals surface area contributed by atoms with Gasteiger partial charge in [-0.1, -0.05) is 19.1 Å². The third-order valence-electron chi connectivity index (χ3n) is 5.17. The van der Waals surface area contributed by atoms with Crippen LogP contribution in [0, 0.1) is 23.7 Å². The van der Waals surface area contributed by atoms with Crippen molar-refractivity contribution in [3.05, 3.63) is 23.7 Å². The van der Waals surface area contributed by atoms with Gasteiger partial charge >= 0.3 is 0 Å². The maximum atomic E-state index is 12.8. The van der Waals surface area contributed by atoms with Gasteiger partial charge in [-0.3, -0.25) is 19.3 Å². The fourth-order valence-corrected chi connectivity index (χ4v) is 4.72. The minimum Gasteiger partial charge on any atom is -0.300 e. The van der Waals surface area contributed by atoms with E-state index in [4.69, 9.17) is 0 Å². The molecule has 1 aromatic rings. The molecule has 1 aromatic heterocycles. The molecule has 2 fully saturated rings. The smallest absolute Gasteiger partial charge is 0.249 e. The molecule has 5 atom stereocenters. The van der Waals surface area contributed by atoms with Crippen molar-refractivity contribution in [1.29, 1.82) is 0 Å². The van der Waals surface area contributed by atoms with Gasteiger partial charge in [0.15, 0.2) is 5.13 Å². The molecule has 7 heteroatoms. The highest BCUT2D eigenvalue weighted by Gasteiger charge is 2.60. The molecule has 1 saturated carbocycles. The molecule has 2 heterocycles.